The zero-order chi connectivity index (χ0) is 13.3. The average molecular weight is 267 g/mol. The van der Waals surface area contributed by atoms with Crippen molar-refractivity contribution in [3.05, 3.63) is 36.7 Å². The zero-order valence-corrected chi connectivity index (χ0v) is 9.95. The molecule has 7 nitrogen and oxygen atoms in total. The highest BCUT2D eigenvalue weighted by Gasteiger charge is 2.14. The summed E-state index contributed by atoms with van der Waals surface area (Å²) in [6.07, 6.45) is 2.73. The fourth-order valence-electron chi connectivity index (χ4n) is 1.40. The quantitative estimate of drug-likeness (QED) is 0.567. The van der Waals surface area contributed by atoms with E-state index in [2.05, 4.69) is 5.10 Å². The Labute approximate surface area is 104 Å². The monoisotopic (exact) mass is 267 g/mol. The van der Waals surface area contributed by atoms with Crippen LogP contribution in [0.1, 0.15) is 0 Å². The summed E-state index contributed by atoms with van der Waals surface area (Å²) in [4.78, 5) is 0.000762. The van der Waals surface area contributed by atoms with E-state index < -0.39 is 17.1 Å². The van der Waals surface area contributed by atoms with Crippen LogP contribution in [-0.4, -0.2) is 35.4 Å². The van der Waals surface area contributed by atoms with Gasteiger partial charge >= 0.3 is 7.12 Å². The van der Waals surface area contributed by atoms with Crippen LogP contribution in [-0.2, 0) is 10.0 Å². The van der Waals surface area contributed by atoms with Gasteiger partial charge in [0.05, 0.1) is 10.6 Å². The molecule has 18 heavy (non-hydrogen) atoms. The zero-order valence-electron chi connectivity index (χ0n) is 9.13. The second kappa shape index (κ2) is 4.54. The molecule has 0 unspecified atom stereocenters. The normalized spacial score (nSPS) is 11.5. The van der Waals surface area contributed by atoms with Crippen LogP contribution in [0.4, 0.5) is 0 Å². The molecule has 1 aromatic carbocycles. The van der Waals surface area contributed by atoms with Crippen molar-refractivity contribution >= 4 is 22.6 Å². The molecule has 0 aliphatic carbocycles. The Hall–Kier alpha value is -1.68. The second-order valence-electron chi connectivity index (χ2n) is 3.63. The van der Waals surface area contributed by atoms with Crippen molar-refractivity contribution in [2.75, 3.05) is 0 Å². The summed E-state index contributed by atoms with van der Waals surface area (Å²) < 4.78 is 23.5. The van der Waals surface area contributed by atoms with E-state index in [1.165, 1.54) is 41.3 Å². The first-order valence-electron chi connectivity index (χ1n) is 4.92. The molecule has 0 spiro atoms. The maximum absolute atomic E-state index is 11.1. The van der Waals surface area contributed by atoms with Crippen molar-refractivity contribution in [2.45, 2.75) is 4.90 Å². The minimum Gasteiger partial charge on any atom is -0.423 e. The predicted molar refractivity (Wildman–Crippen MR) is 64.8 cm³/mol. The molecule has 1 heterocycles. The van der Waals surface area contributed by atoms with Crippen LogP contribution in [0.5, 0.6) is 0 Å². The fraction of sp³-hybridized carbons (Fsp3) is 0. The largest absolute Gasteiger partial charge is 0.491 e. The van der Waals surface area contributed by atoms with Gasteiger partial charge in [0.25, 0.3) is 0 Å². The predicted octanol–water partition coefficient (Wildman–Crippen LogP) is -1.80. The molecule has 0 amide bonds. The van der Waals surface area contributed by atoms with Crippen LogP contribution in [0.15, 0.2) is 41.6 Å². The van der Waals surface area contributed by atoms with Gasteiger partial charge in [-0.2, -0.15) is 5.10 Å². The van der Waals surface area contributed by atoms with Crippen LogP contribution < -0.4 is 10.6 Å². The highest BCUT2D eigenvalue weighted by atomic mass is 32.2. The van der Waals surface area contributed by atoms with E-state index in [4.69, 9.17) is 15.2 Å². The Morgan fingerprint density at radius 1 is 1.22 bits per heavy atom. The molecule has 0 saturated carbocycles. The van der Waals surface area contributed by atoms with Gasteiger partial charge in [-0.25, -0.2) is 18.2 Å². The van der Waals surface area contributed by atoms with Gasteiger partial charge < -0.3 is 10.0 Å². The molecule has 0 bridgehead atoms. The SMILES string of the molecule is NS(=O)(=O)c1ccc(-n2cc(B(O)O)cn2)cc1. The summed E-state index contributed by atoms with van der Waals surface area (Å²) in [6, 6.07) is 5.73. The maximum atomic E-state index is 11.1. The molecular weight excluding hydrogens is 257 g/mol. The van der Waals surface area contributed by atoms with Crippen LogP contribution >= 0.6 is 0 Å². The minimum atomic E-state index is -3.72. The Morgan fingerprint density at radius 2 is 1.83 bits per heavy atom. The molecule has 0 saturated heterocycles. The number of hydrogen-bond donors (Lipinski definition) is 3. The number of nitrogens with two attached hydrogens (primary N) is 1. The summed E-state index contributed by atoms with van der Waals surface area (Å²) in [5.41, 5.74) is 0.819. The van der Waals surface area contributed by atoms with Gasteiger partial charge in [0.15, 0.2) is 0 Å². The second-order valence-corrected chi connectivity index (χ2v) is 5.19. The van der Waals surface area contributed by atoms with E-state index in [-0.39, 0.29) is 10.4 Å². The van der Waals surface area contributed by atoms with Gasteiger partial charge in [-0.1, -0.05) is 0 Å². The lowest BCUT2D eigenvalue weighted by Crippen LogP contribution is -2.28. The molecular formula is C9H10BN3O4S. The molecule has 1 aromatic heterocycles. The lowest BCUT2D eigenvalue weighted by Gasteiger charge is -2.02. The van der Waals surface area contributed by atoms with Gasteiger partial charge in [0, 0.05) is 17.9 Å². The number of rotatable bonds is 3. The van der Waals surface area contributed by atoms with Crippen LogP contribution in [0, 0.1) is 0 Å². The third kappa shape index (κ3) is 2.59. The standard InChI is InChI=1S/C9H10BN3O4S/c11-18(16,17)9-3-1-8(2-4-9)13-6-7(5-12-13)10(14)15/h1-6,14-15H,(H2,11,16,17). The number of primary sulfonamides is 1. The molecule has 2 aromatic rings. The molecule has 4 N–H and O–H groups in total. The number of hydrogen-bond acceptors (Lipinski definition) is 5. The molecule has 0 atom stereocenters. The molecule has 0 fully saturated rings. The van der Waals surface area contributed by atoms with Crippen LogP contribution in [0.3, 0.4) is 0 Å². The number of benzene rings is 1. The van der Waals surface area contributed by atoms with Gasteiger partial charge in [0.2, 0.25) is 10.0 Å². The summed E-state index contributed by atoms with van der Waals surface area (Å²) in [6.45, 7) is 0. The van der Waals surface area contributed by atoms with Gasteiger partial charge in [-0.15, -0.1) is 0 Å². The topological polar surface area (TPSA) is 118 Å². The van der Waals surface area contributed by atoms with Crippen LogP contribution in [0.25, 0.3) is 5.69 Å². The van der Waals surface area contributed by atoms with E-state index >= 15 is 0 Å². The summed E-state index contributed by atoms with van der Waals surface area (Å²) in [7, 11) is -5.31. The van der Waals surface area contributed by atoms with Crippen molar-refractivity contribution in [3.63, 3.8) is 0 Å². The number of sulfonamides is 1. The summed E-state index contributed by atoms with van der Waals surface area (Å²) in [5.74, 6) is 0. The van der Waals surface area contributed by atoms with Crippen molar-refractivity contribution in [1.29, 1.82) is 0 Å². The summed E-state index contributed by atoms with van der Waals surface area (Å²) >= 11 is 0. The van der Waals surface area contributed by atoms with Crippen molar-refractivity contribution < 1.29 is 18.5 Å². The molecule has 0 aliphatic heterocycles. The maximum Gasteiger partial charge on any atom is 0.491 e. The summed E-state index contributed by atoms with van der Waals surface area (Å²) in [5, 5.41) is 26.8. The van der Waals surface area contributed by atoms with Crippen molar-refractivity contribution in [3.8, 4) is 5.69 Å². The molecule has 94 valence electrons. The first-order valence-corrected chi connectivity index (χ1v) is 6.46. The highest BCUT2D eigenvalue weighted by Crippen LogP contribution is 2.11. The van der Waals surface area contributed by atoms with E-state index in [1.54, 1.807) is 0 Å². The molecule has 0 aliphatic rings. The third-order valence-corrected chi connectivity index (χ3v) is 3.26. The smallest absolute Gasteiger partial charge is 0.423 e. The van der Waals surface area contributed by atoms with Crippen LogP contribution in [0.2, 0.25) is 0 Å². The first kappa shape index (κ1) is 12.8. The van der Waals surface area contributed by atoms with Gasteiger partial charge in [-0.05, 0) is 24.3 Å². The van der Waals surface area contributed by atoms with E-state index in [0.29, 0.717) is 5.69 Å². The minimum absolute atomic E-state index is 0.000762. The van der Waals surface area contributed by atoms with Gasteiger partial charge in [0.1, 0.15) is 0 Å². The average Bonchev–Trinajstić information content (AvgIpc) is 2.77. The van der Waals surface area contributed by atoms with Crippen molar-refractivity contribution in [2.24, 2.45) is 5.14 Å². The number of nitrogens with zero attached hydrogens (tertiary/aromatic N) is 2. The Morgan fingerprint density at radius 3 is 2.28 bits per heavy atom. The van der Waals surface area contributed by atoms with E-state index in [1.807, 2.05) is 0 Å². The molecule has 9 heteroatoms. The lowest BCUT2D eigenvalue weighted by molar-refractivity contribution is 0.426. The number of aromatic nitrogens is 2. The van der Waals surface area contributed by atoms with E-state index in [9.17, 15) is 8.42 Å². The molecule has 2 rings (SSSR count). The molecule has 0 radical (unpaired) electrons. The first-order chi connectivity index (χ1) is 8.38. The Bertz CT molecular complexity index is 651. The van der Waals surface area contributed by atoms with Crippen molar-refractivity contribution in [1.82, 2.24) is 9.78 Å². The lowest BCUT2D eigenvalue weighted by atomic mass is 9.83. The highest BCUT2D eigenvalue weighted by molar-refractivity contribution is 7.89. The fourth-order valence-corrected chi connectivity index (χ4v) is 1.92. The Kier molecular flexibility index (Phi) is 3.22. The van der Waals surface area contributed by atoms with Gasteiger partial charge in [-0.3, -0.25) is 0 Å². The third-order valence-electron chi connectivity index (χ3n) is 2.33. The Balaban J connectivity index is 2.34. The van der Waals surface area contributed by atoms with E-state index in [0.717, 1.165) is 0 Å².